The minimum atomic E-state index is 0.391. The summed E-state index contributed by atoms with van der Waals surface area (Å²) in [6.45, 7) is 9.46. The van der Waals surface area contributed by atoms with Crippen molar-refractivity contribution in [2.75, 3.05) is 19.8 Å². The number of nitrogens with two attached hydrogens (primary N) is 1. The molecule has 2 N–H and O–H groups in total. The van der Waals surface area contributed by atoms with Crippen LogP contribution in [0.1, 0.15) is 72.1 Å². The van der Waals surface area contributed by atoms with E-state index in [-0.39, 0.29) is 0 Å². The molecule has 0 saturated heterocycles. The van der Waals surface area contributed by atoms with E-state index in [1.807, 2.05) is 0 Å². The molecule has 0 unspecified atom stereocenters. The van der Waals surface area contributed by atoms with Gasteiger partial charge in [-0.15, -0.1) is 0 Å². The zero-order valence-corrected chi connectivity index (χ0v) is 13.4. The van der Waals surface area contributed by atoms with Crippen LogP contribution in [0, 0.1) is 17.3 Å². The Kier molecular flexibility index (Phi) is 8.01. The van der Waals surface area contributed by atoms with Crippen LogP contribution in [0.15, 0.2) is 0 Å². The molecule has 0 aliphatic heterocycles. The lowest BCUT2D eigenvalue weighted by Crippen LogP contribution is -2.36. The van der Waals surface area contributed by atoms with Gasteiger partial charge in [0.25, 0.3) is 0 Å². The molecule has 0 heterocycles. The van der Waals surface area contributed by atoms with Crippen molar-refractivity contribution in [3.05, 3.63) is 0 Å². The first kappa shape index (κ1) is 17.0. The van der Waals surface area contributed by atoms with Gasteiger partial charge in [-0.25, -0.2) is 0 Å². The average molecular weight is 269 g/mol. The largest absolute Gasteiger partial charge is 0.381 e. The Morgan fingerprint density at radius 2 is 1.89 bits per heavy atom. The SMILES string of the molecule is CCCC1CCC(CN)(CCOCCC(C)C)CC1. The summed E-state index contributed by atoms with van der Waals surface area (Å²) in [6, 6.07) is 0. The number of hydrogen-bond donors (Lipinski definition) is 1. The molecule has 1 aliphatic rings. The summed E-state index contributed by atoms with van der Waals surface area (Å²) in [5.41, 5.74) is 6.46. The first-order chi connectivity index (χ1) is 9.12. The third-order valence-electron chi connectivity index (χ3n) is 4.91. The molecule has 0 aromatic rings. The van der Waals surface area contributed by atoms with Crippen LogP contribution in [0.4, 0.5) is 0 Å². The topological polar surface area (TPSA) is 35.2 Å². The number of hydrogen-bond acceptors (Lipinski definition) is 2. The van der Waals surface area contributed by atoms with Crippen LogP contribution in [-0.2, 0) is 4.74 Å². The maximum atomic E-state index is 6.07. The van der Waals surface area contributed by atoms with Crippen LogP contribution in [0.2, 0.25) is 0 Å². The molecule has 2 nitrogen and oxygen atoms in total. The van der Waals surface area contributed by atoms with E-state index in [4.69, 9.17) is 10.5 Å². The smallest absolute Gasteiger partial charge is 0.0471 e. The van der Waals surface area contributed by atoms with E-state index in [1.54, 1.807) is 0 Å². The third-order valence-corrected chi connectivity index (χ3v) is 4.91. The Labute approximate surface area is 120 Å². The number of rotatable bonds is 9. The fourth-order valence-corrected chi connectivity index (χ4v) is 3.25. The molecule has 1 saturated carbocycles. The quantitative estimate of drug-likeness (QED) is 0.631. The van der Waals surface area contributed by atoms with E-state index in [0.717, 1.165) is 31.6 Å². The highest BCUT2D eigenvalue weighted by molar-refractivity contribution is 4.86. The monoisotopic (exact) mass is 269 g/mol. The van der Waals surface area contributed by atoms with Crippen LogP contribution >= 0.6 is 0 Å². The van der Waals surface area contributed by atoms with Crippen LogP contribution < -0.4 is 5.73 Å². The van der Waals surface area contributed by atoms with E-state index in [0.29, 0.717) is 5.41 Å². The second kappa shape index (κ2) is 8.97. The van der Waals surface area contributed by atoms with E-state index < -0.39 is 0 Å². The number of ether oxygens (including phenoxy) is 1. The first-order valence-electron chi connectivity index (χ1n) is 8.39. The highest BCUT2D eigenvalue weighted by atomic mass is 16.5. The van der Waals surface area contributed by atoms with Crippen molar-refractivity contribution in [3.8, 4) is 0 Å². The van der Waals surface area contributed by atoms with E-state index in [1.165, 1.54) is 51.4 Å². The van der Waals surface area contributed by atoms with Gasteiger partial charge in [0.15, 0.2) is 0 Å². The van der Waals surface area contributed by atoms with Crippen LogP contribution in [0.25, 0.3) is 0 Å². The molecule has 0 aromatic carbocycles. The molecule has 2 heteroatoms. The maximum absolute atomic E-state index is 6.07. The van der Waals surface area contributed by atoms with Gasteiger partial charge in [-0.1, -0.05) is 33.6 Å². The average Bonchev–Trinajstić information content (AvgIpc) is 2.40. The predicted octanol–water partition coefficient (Wildman–Crippen LogP) is 4.37. The summed E-state index contributed by atoms with van der Waals surface area (Å²) in [5.74, 6) is 1.71. The summed E-state index contributed by atoms with van der Waals surface area (Å²) in [5, 5.41) is 0. The Balaban J connectivity index is 2.21. The van der Waals surface area contributed by atoms with Crippen molar-refractivity contribution in [2.45, 2.75) is 72.1 Å². The minimum Gasteiger partial charge on any atom is -0.381 e. The lowest BCUT2D eigenvalue weighted by atomic mass is 9.68. The lowest BCUT2D eigenvalue weighted by Gasteiger charge is -2.39. The zero-order valence-electron chi connectivity index (χ0n) is 13.4. The van der Waals surface area contributed by atoms with Gasteiger partial charge in [0.1, 0.15) is 0 Å². The van der Waals surface area contributed by atoms with E-state index in [9.17, 15) is 0 Å². The van der Waals surface area contributed by atoms with Crippen molar-refractivity contribution < 1.29 is 4.74 Å². The fraction of sp³-hybridized carbons (Fsp3) is 1.00. The van der Waals surface area contributed by atoms with Gasteiger partial charge < -0.3 is 10.5 Å². The molecule has 0 spiro atoms. The van der Waals surface area contributed by atoms with Gasteiger partial charge in [0.05, 0.1) is 0 Å². The van der Waals surface area contributed by atoms with Gasteiger partial charge in [0.2, 0.25) is 0 Å². The molecule has 0 amide bonds. The second-order valence-corrected chi connectivity index (χ2v) is 6.98. The maximum Gasteiger partial charge on any atom is 0.0471 e. The molecule has 19 heavy (non-hydrogen) atoms. The van der Waals surface area contributed by atoms with Crippen molar-refractivity contribution in [1.29, 1.82) is 0 Å². The summed E-state index contributed by atoms with van der Waals surface area (Å²) >= 11 is 0. The van der Waals surface area contributed by atoms with Crippen LogP contribution in [0.3, 0.4) is 0 Å². The first-order valence-corrected chi connectivity index (χ1v) is 8.39. The molecule has 1 rings (SSSR count). The summed E-state index contributed by atoms with van der Waals surface area (Å²) in [7, 11) is 0. The standard InChI is InChI=1S/C17H35NO/c1-4-5-16-6-9-17(14-18,10-7-16)11-13-19-12-8-15(2)3/h15-16H,4-14,18H2,1-3H3. The molecular weight excluding hydrogens is 234 g/mol. The Morgan fingerprint density at radius 1 is 1.21 bits per heavy atom. The highest BCUT2D eigenvalue weighted by Crippen LogP contribution is 2.42. The highest BCUT2D eigenvalue weighted by Gasteiger charge is 2.33. The normalized spacial score (nSPS) is 27.9. The van der Waals surface area contributed by atoms with Crippen LogP contribution in [-0.4, -0.2) is 19.8 Å². The van der Waals surface area contributed by atoms with Crippen molar-refractivity contribution in [2.24, 2.45) is 23.0 Å². The Hall–Kier alpha value is -0.0800. The summed E-state index contributed by atoms with van der Waals surface area (Å²) in [6.07, 6.45) is 10.5. The summed E-state index contributed by atoms with van der Waals surface area (Å²) < 4.78 is 5.79. The second-order valence-electron chi connectivity index (χ2n) is 6.98. The molecule has 1 aliphatic carbocycles. The van der Waals surface area contributed by atoms with E-state index in [2.05, 4.69) is 20.8 Å². The molecule has 1 fully saturated rings. The Morgan fingerprint density at radius 3 is 2.42 bits per heavy atom. The van der Waals surface area contributed by atoms with Gasteiger partial charge in [-0.05, 0) is 62.3 Å². The van der Waals surface area contributed by atoms with Gasteiger partial charge in [-0.3, -0.25) is 0 Å². The van der Waals surface area contributed by atoms with Crippen molar-refractivity contribution >= 4 is 0 Å². The minimum absolute atomic E-state index is 0.391. The Bertz CT molecular complexity index is 219. The van der Waals surface area contributed by atoms with Crippen molar-refractivity contribution in [1.82, 2.24) is 0 Å². The molecule has 0 radical (unpaired) electrons. The van der Waals surface area contributed by atoms with E-state index >= 15 is 0 Å². The van der Waals surface area contributed by atoms with Gasteiger partial charge >= 0.3 is 0 Å². The molecule has 0 atom stereocenters. The molecular formula is C17H35NO. The van der Waals surface area contributed by atoms with Crippen LogP contribution in [0.5, 0.6) is 0 Å². The third kappa shape index (κ3) is 6.27. The molecule has 0 aromatic heterocycles. The zero-order chi connectivity index (χ0) is 14.1. The fourth-order valence-electron chi connectivity index (χ4n) is 3.25. The van der Waals surface area contributed by atoms with Gasteiger partial charge in [-0.2, -0.15) is 0 Å². The molecule has 114 valence electrons. The predicted molar refractivity (Wildman–Crippen MR) is 83.2 cm³/mol. The van der Waals surface area contributed by atoms with Gasteiger partial charge in [0, 0.05) is 13.2 Å². The molecule has 0 bridgehead atoms. The van der Waals surface area contributed by atoms with Crippen molar-refractivity contribution in [3.63, 3.8) is 0 Å². The summed E-state index contributed by atoms with van der Waals surface area (Å²) in [4.78, 5) is 0. The lowest BCUT2D eigenvalue weighted by molar-refractivity contribution is 0.0620.